The SMILES string of the molecule is COCCN1CCC(Nc2c3c(nc4cc(C(F)(F)F)c(OC)cc24)CCC3)CC1. The molecule has 0 amide bonds. The standard InChI is InChI=1S/C22H28F3N3O2/c1-29-11-10-28-8-6-14(7-9-28)26-21-15-4-3-5-18(15)27-19-13-17(22(23,24)25)20(30-2)12-16(19)21/h12-14H,3-11H2,1-2H3,(H,26,27). The molecule has 1 saturated heterocycles. The molecule has 0 saturated carbocycles. The van der Waals surface area contributed by atoms with E-state index in [1.165, 1.54) is 13.2 Å². The largest absolute Gasteiger partial charge is 0.496 e. The zero-order valence-electron chi connectivity index (χ0n) is 17.4. The lowest BCUT2D eigenvalue weighted by atomic mass is 10.00. The van der Waals surface area contributed by atoms with Crippen LogP contribution in [0.1, 0.15) is 36.1 Å². The van der Waals surface area contributed by atoms with Gasteiger partial charge in [-0.25, -0.2) is 0 Å². The molecule has 0 spiro atoms. The molecule has 5 nitrogen and oxygen atoms in total. The van der Waals surface area contributed by atoms with Gasteiger partial charge in [-0.05, 0) is 49.8 Å². The molecule has 1 fully saturated rings. The summed E-state index contributed by atoms with van der Waals surface area (Å²) in [4.78, 5) is 6.97. The van der Waals surface area contributed by atoms with Crippen LogP contribution in [0.2, 0.25) is 0 Å². The van der Waals surface area contributed by atoms with Gasteiger partial charge in [0.2, 0.25) is 0 Å². The Kier molecular flexibility index (Phi) is 6.06. The molecule has 0 radical (unpaired) electrons. The highest BCUT2D eigenvalue weighted by atomic mass is 19.4. The Balaban J connectivity index is 1.67. The average molecular weight is 423 g/mol. The van der Waals surface area contributed by atoms with Crippen molar-refractivity contribution >= 4 is 16.6 Å². The molecule has 30 heavy (non-hydrogen) atoms. The number of ether oxygens (including phenoxy) is 2. The highest BCUT2D eigenvalue weighted by Gasteiger charge is 2.35. The summed E-state index contributed by atoms with van der Waals surface area (Å²) in [5, 5.41) is 4.39. The van der Waals surface area contributed by atoms with E-state index in [2.05, 4.69) is 15.2 Å². The van der Waals surface area contributed by atoms with E-state index in [0.29, 0.717) is 10.9 Å². The summed E-state index contributed by atoms with van der Waals surface area (Å²) in [6.45, 7) is 3.61. The van der Waals surface area contributed by atoms with Gasteiger partial charge in [-0.3, -0.25) is 4.98 Å². The van der Waals surface area contributed by atoms with Crippen LogP contribution in [-0.4, -0.2) is 56.4 Å². The predicted molar refractivity (Wildman–Crippen MR) is 110 cm³/mol. The van der Waals surface area contributed by atoms with Crippen LogP contribution >= 0.6 is 0 Å². The molecular weight excluding hydrogens is 395 g/mol. The quantitative estimate of drug-likeness (QED) is 0.752. The van der Waals surface area contributed by atoms with E-state index in [1.54, 1.807) is 7.11 Å². The van der Waals surface area contributed by atoms with Crippen molar-refractivity contribution in [3.05, 3.63) is 29.0 Å². The Labute approximate surface area is 174 Å². The predicted octanol–water partition coefficient (Wildman–Crippen LogP) is 4.27. The van der Waals surface area contributed by atoms with Gasteiger partial charge in [0.05, 0.1) is 24.8 Å². The van der Waals surface area contributed by atoms with Crippen LogP contribution in [0.25, 0.3) is 10.9 Å². The number of nitrogens with one attached hydrogen (secondary N) is 1. The maximum Gasteiger partial charge on any atom is 0.420 e. The van der Waals surface area contributed by atoms with Crippen molar-refractivity contribution in [2.24, 2.45) is 0 Å². The van der Waals surface area contributed by atoms with Crippen LogP contribution < -0.4 is 10.1 Å². The molecule has 1 aromatic heterocycles. The third-order valence-electron chi connectivity index (χ3n) is 6.19. The fraction of sp³-hybridized carbons (Fsp3) is 0.591. The van der Waals surface area contributed by atoms with Crippen LogP contribution in [0.3, 0.4) is 0 Å². The summed E-state index contributed by atoms with van der Waals surface area (Å²) in [6, 6.07) is 2.91. The summed E-state index contributed by atoms with van der Waals surface area (Å²) in [6.07, 6.45) is 0.175. The summed E-state index contributed by atoms with van der Waals surface area (Å²) < 4.78 is 50.8. The minimum atomic E-state index is -4.48. The molecule has 2 heterocycles. The molecule has 2 aromatic rings. The maximum atomic E-state index is 13.5. The van der Waals surface area contributed by atoms with E-state index < -0.39 is 11.7 Å². The molecule has 1 N–H and O–H groups in total. The third kappa shape index (κ3) is 4.21. The molecule has 0 unspecified atom stereocenters. The van der Waals surface area contributed by atoms with E-state index >= 15 is 0 Å². The molecule has 2 aliphatic rings. The van der Waals surface area contributed by atoms with Gasteiger partial charge < -0.3 is 19.7 Å². The number of likely N-dealkylation sites (tertiary alicyclic amines) is 1. The lowest BCUT2D eigenvalue weighted by Gasteiger charge is -2.33. The lowest BCUT2D eigenvalue weighted by Crippen LogP contribution is -2.40. The Morgan fingerprint density at radius 3 is 2.60 bits per heavy atom. The zero-order chi connectivity index (χ0) is 21.3. The summed E-state index contributed by atoms with van der Waals surface area (Å²) >= 11 is 0. The van der Waals surface area contributed by atoms with Crippen molar-refractivity contribution in [2.75, 3.05) is 45.8 Å². The molecule has 0 atom stereocenters. The van der Waals surface area contributed by atoms with Crippen molar-refractivity contribution in [3.8, 4) is 5.75 Å². The zero-order valence-corrected chi connectivity index (χ0v) is 17.4. The average Bonchev–Trinajstić information content (AvgIpc) is 3.20. The van der Waals surface area contributed by atoms with Crippen molar-refractivity contribution < 1.29 is 22.6 Å². The number of benzene rings is 1. The minimum Gasteiger partial charge on any atom is -0.496 e. The Bertz CT molecular complexity index is 909. The Morgan fingerprint density at radius 1 is 1.17 bits per heavy atom. The van der Waals surface area contributed by atoms with Gasteiger partial charge in [0.15, 0.2) is 0 Å². The van der Waals surface area contributed by atoms with Crippen LogP contribution in [0.15, 0.2) is 12.1 Å². The molecule has 1 aliphatic heterocycles. The molecule has 1 aromatic carbocycles. The second-order valence-electron chi connectivity index (χ2n) is 8.09. The number of fused-ring (bicyclic) bond motifs is 2. The van der Waals surface area contributed by atoms with E-state index in [0.717, 1.165) is 81.4 Å². The Hall–Kier alpha value is -2.06. The molecule has 164 valence electrons. The second-order valence-corrected chi connectivity index (χ2v) is 8.09. The first-order valence-corrected chi connectivity index (χ1v) is 10.5. The van der Waals surface area contributed by atoms with E-state index in [4.69, 9.17) is 9.47 Å². The normalized spacial score (nSPS) is 18.0. The fourth-order valence-corrected chi connectivity index (χ4v) is 4.57. The highest BCUT2D eigenvalue weighted by Crippen LogP contribution is 2.42. The van der Waals surface area contributed by atoms with Crippen molar-refractivity contribution in [2.45, 2.75) is 44.3 Å². The molecule has 1 aliphatic carbocycles. The number of aromatic nitrogens is 1. The fourth-order valence-electron chi connectivity index (χ4n) is 4.57. The number of hydrogen-bond donors (Lipinski definition) is 1. The summed E-state index contributed by atoms with van der Waals surface area (Å²) in [7, 11) is 2.99. The Morgan fingerprint density at radius 2 is 1.93 bits per heavy atom. The van der Waals surface area contributed by atoms with Crippen molar-refractivity contribution in [1.82, 2.24) is 9.88 Å². The van der Waals surface area contributed by atoms with Gasteiger partial charge in [-0.1, -0.05) is 0 Å². The van der Waals surface area contributed by atoms with Gasteiger partial charge in [-0.2, -0.15) is 13.2 Å². The smallest absolute Gasteiger partial charge is 0.420 e. The molecule has 4 rings (SSSR count). The van der Waals surface area contributed by atoms with Gasteiger partial charge in [0, 0.05) is 49.6 Å². The van der Waals surface area contributed by atoms with Gasteiger partial charge in [0.25, 0.3) is 0 Å². The number of pyridine rings is 1. The van der Waals surface area contributed by atoms with Gasteiger partial charge in [0.1, 0.15) is 5.75 Å². The van der Waals surface area contributed by atoms with Crippen LogP contribution in [0, 0.1) is 0 Å². The van der Waals surface area contributed by atoms with E-state index in [9.17, 15) is 13.2 Å². The topological polar surface area (TPSA) is 46.6 Å². The number of halogens is 3. The maximum absolute atomic E-state index is 13.5. The van der Waals surface area contributed by atoms with Crippen LogP contribution in [-0.2, 0) is 23.8 Å². The molecule has 8 heteroatoms. The highest BCUT2D eigenvalue weighted by molar-refractivity contribution is 5.95. The third-order valence-corrected chi connectivity index (χ3v) is 6.19. The van der Waals surface area contributed by atoms with E-state index in [-0.39, 0.29) is 11.8 Å². The first-order valence-electron chi connectivity index (χ1n) is 10.5. The monoisotopic (exact) mass is 423 g/mol. The number of alkyl halides is 3. The van der Waals surface area contributed by atoms with E-state index in [1.807, 2.05) is 0 Å². The number of hydrogen-bond acceptors (Lipinski definition) is 5. The first kappa shape index (κ1) is 21.2. The first-order chi connectivity index (χ1) is 14.4. The molecular formula is C22H28F3N3O2. The second kappa shape index (κ2) is 8.59. The van der Waals surface area contributed by atoms with Gasteiger partial charge >= 0.3 is 6.18 Å². The van der Waals surface area contributed by atoms with Crippen LogP contribution in [0.5, 0.6) is 5.75 Å². The number of nitrogens with zero attached hydrogens (tertiary/aromatic N) is 2. The lowest BCUT2D eigenvalue weighted by molar-refractivity contribution is -0.138. The number of piperidine rings is 1. The molecule has 0 bridgehead atoms. The van der Waals surface area contributed by atoms with Gasteiger partial charge in [-0.15, -0.1) is 0 Å². The summed E-state index contributed by atoms with van der Waals surface area (Å²) in [5.74, 6) is -0.160. The number of rotatable bonds is 6. The number of anilines is 1. The minimum absolute atomic E-state index is 0.160. The number of methoxy groups -OCH3 is 2. The van der Waals surface area contributed by atoms with Crippen LogP contribution in [0.4, 0.5) is 18.9 Å². The van der Waals surface area contributed by atoms with Crippen molar-refractivity contribution in [3.63, 3.8) is 0 Å². The van der Waals surface area contributed by atoms with Crippen molar-refractivity contribution in [1.29, 1.82) is 0 Å². The number of aryl methyl sites for hydroxylation is 1. The summed E-state index contributed by atoms with van der Waals surface area (Å²) in [5.41, 5.74) is 2.60.